The summed E-state index contributed by atoms with van der Waals surface area (Å²) < 4.78 is 26.6. The summed E-state index contributed by atoms with van der Waals surface area (Å²) in [6, 6.07) is 8.07. The van der Waals surface area contributed by atoms with Crippen LogP contribution in [0.25, 0.3) is 0 Å². The molecule has 1 saturated carbocycles. The third-order valence-corrected chi connectivity index (χ3v) is 6.82. The van der Waals surface area contributed by atoms with Gasteiger partial charge in [0, 0.05) is 18.9 Å². The summed E-state index contributed by atoms with van der Waals surface area (Å²) in [5.41, 5.74) is 0. The van der Waals surface area contributed by atoms with Crippen molar-refractivity contribution in [3.63, 3.8) is 0 Å². The van der Waals surface area contributed by atoms with E-state index in [-0.39, 0.29) is 23.8 Å². The van der Waals surface area contributed by atoms with Gasteiger partial charge in [-0.05, 0) is 25.0 Å². The summed E-state index contributed by atoms with van der Waals surface area (Å²) in [4.78, 5) is 12.2. The fourth-order valence-electron chi connectivity index (χ4n) is 2.96. The van der Waals surface area contributed by atoms with Gasteiger partial charge in [-0.15, -0.1) is 10.2 Å². The molecule has 2 aromatic rings. The van der Waals surface area contributed by atoms with E-state index in [4.69, 9.17) is 0 Å². The van der Waals surface area contributed by atoms with Crippen LogP contribution in [-0.4, -0.2) is 31.1 Å². The van der Waals surface area contributed by atoms with E-state index in [1.807, 2.05) is 0 Å². The number of aromatic nitrogens is 2. The number of nitrogens with one attached hydrogen (secondary N) is 2. The number of benzene rings is 1. The average molecular weight is 395 g/mol. The quantitative estimate of drug-likeness (QED) is 0.752. The molecule has 0 saturated heterocycles. The zero-order valence-electron chi connectivity index (χ0n) is 14.3. The van der Waals surface area contributed by atoms with Crippen molar-refractivity contribution in [3.05, 3.63) is 35.3 Å². The van der Waals surface area contributed by atoms with Gasteiger partial charge < -0.3 is 5.32 Å². The Labute approximate surface area is 157 Å². The van der Waals surface area contributed by atoms with Crippen molar-refractivity contribution >= 4 is 32.4 Å². The van der Waals surface area contributed by atoms with Crippen molar-refractivity contribution in [2.75, 3.05) is 11.9 Å². The van der Waals surface area contributed by atoms with Crippen LogP contribution in [0.3, 0.4) is 0 Å². The number of sulfonamides is 1. The molecule has 1 fully saturated rings. The highest BCUT2D eigenvalue weighted by atomic mass is 32.2. The van der Waals surface area contributed by atoms with E-state index in [2.05, 4.69) is 20.2 Å². The van der Waals surface area contributed by atoms with E-state index in [9.17, 15) is 13.2 Å². The Morgan fingerprint density at radius 2 is 1.85 bits per heavy atom. The summed E-state index contributed by atoms with van der Waals surface area (Å²) in [5, 5.41) is 12.4. The largest absolute Gasteiger partial charge is 0.300 e. The predicted molar refractivity (Wildman–Crippen MR) is 101 cm³/mol. The summed E-state index contributed by atoms with van der Waals surface area (Å²) in [7, 11) is -3.59. The lowest BCUT2D eigenvalue weighted by atomic mass is 9.90. The van der Waals surface area contributed by atoms with Crippen molar-refractivity contribution in [2.45, 2.75) is 49.3 Å². The molecule has 140 valence electrons. The van der Waals surface area contributed by atoms with E-state index in [1.165, 1.54) is 42.7 Å². The van der Waals surface area contributed by atoms with Crippen LogP contribution in [0.5, 0.6) is 0 Å². The second kappa shape index (κ2) is 8.70. The molecule has 0 unspecified atom stereocenters. The molecule has 7 nitrogen and oxygen atoms in total. The molecule has 0 aliphatic heterocycles. The second-order valence-electron chi connectivity index (χ2n) is 6.29. The highest BCUT2D eigenvalue weighted by Gasteiger charge is 2.20. The van der Waals surface area contributed by atoms with Gasteiger partial charge in [0.25, 0.3) is 0 Å². The molecule has 9 heteroatoms. The predicted octanol–water partition coefficient (Wildman–Crippen LogP) is 2.89. The van der Waals surface area contributed by atoms with Crippen LogP contribution in [0.1, 0.15) is 49.5 Å². The van der Waals surface area contributed by atoms with Gasteiger partial charge in [-0.25, -0.2) is 13.1 Å². The number of amides is 1. The van der Waals surface area contributed by atoms with E-state index in [1.54, 1.807) is 18.2 Å². The minimum Gasteiger partial charge on any atom is -0.300 e. The SMILES string of the molecule is O=C(CCNS(=O)(=O)c1ccccc1)Nc1nnc(C2CCCCC2)s1. The van der Waals surface area contributed by atoms with Crippen LogP contribution in [0.2, 0.25) is 0 Å². The van der Waals surface area contributed by atoms with Crippen LogP contribution >= 0.6 is 11.3 Å². The van der Waals surface area contributed by atoms with E-state index in [0.717, 1.165) is 17.8 Å². The molecule has 0 atom stereocenters. The van der Waals surface area contributed by atoms with E-state index >= 15 is 0 Å². The minimum atomic E-state index is -3.59. The standard InChI is InChI=1S/C17H22N4O3S2/c22-15(11-12-18-26(23,24)14-9-5-2-6-10-14)19-17-21-20-16(25-17)13-7-3-1-4-8-13/h2,5-6,9-10,13,18H,1,3-4,7-8,11-12H2,(H,19,21,22). The number of carbonyl (C=O) groups is 1. The van der Waals surface area contributed by atoms with Gasteiger partial charge in [0.05, 0.1) is 4.90 Å². The van der Waals surface area contributed by atoms with Gasteiger partial charge in [0.1, 0.15) is 5.01 Å². The van der Waals surface area contributed by atoms with Crippen LogP contribution in [0.4, 0.5) is 5.13 Å². The van der Waals surface area contributed by atoms with Crippen molar-refractivity contribution in [2.24, 2.45) is 0 Å². The number of hydrogen-bond donors (Lipinski definition) is 2. The van der Waals surface area contributed by atoms with Crippen LogP contribution in [0.15, 0.2) is 35.2 Å². The smallest absolute Gasteiger partial charge is 0.240 e. The summed E-state index contributed by atoms with van der Waals surface area (Å²) in [5.74, 6) is 0.164. The molecule has 0 spiro atoms. The summed E-state index contributed by atoms with van der Waals surface area (Å²) in [6.45, 7) is 0.0251. The highest BCUT2D eigenvalue weighted by molar-refractivity contribution is 7.89. The minimum absolute atomic E-state index is 0.0251. The van der Waals surface area contributed by atoms with Gasteiger partial charge in [0.2, 0.25) is 21.1 Å². The Morgan fingerprint density at radius 1 is 1.12 bits per heavy atom. The van der Waals surface area contributed by atoms with Gasteiger partial charge in [-0.3, -0.25) is 4.79 Å². The molecular weight excluding hydrogens is 372 g/mol. The maximum absolute atomic E-state index is 12.1. The monoisotopic (exact) mass is 394 g/mol. The van der Waals surface area contributed by atoms with Crippen LogP contribution < -0.4 is 10.0 Å². The van der Waals surface area contributed by atoms with Crippen LogP contribution in [-0.2, 0) is 14.8 Å². The number of hydrogen-bond acceptors (Lipinski definition) is 6. The summed E-state index contributed by atoms with van der Waals surface area (Å²) in [6.07, 6.45) is 6.00. The first-order chi connectivity index (χ1) is 12.5. The Morgan fingerprint density at radius 3 is 2.58 bits per heavy atom. The van der Waals surface area contributed by atoms with Crippen molar-refractivity contribution < 1.29 is 13.2 Å². The first kappa shape index (κ1) is 18.9. The lowest BCUT2D eigenvalue weighted by molar-refractivity contribution is -0.116. The van der Waals surface area contributed by atoms with E-state index < -0.39 is 10.0 Å². The number of rotatable bonds is 7. The zero-order chi connectivity index (χ0) is 18.4. The Bertz CT molecular complexity index is 831. The second-order valence-corrected chi connectivity index (χ2v) is 9.07. The third-order valence-electron chi connectivity index (χ3n) is 4.34. The topological polar surface area (TPSA) is 101 Å². The number of anilines is 1. The molecule has 0 radical (unpaired) electrons. The lowest BCUT2D eigenvalue weighted by Crippen LogP contribution is -2.27. The molecule has 1 amide bonds. The number of nitrogens with zero attached hydrogens (tertiary/aromatic N) is 2. The zero-order valence-corrected chi connectivity index (χ0v) is 16.0. The first-order valence-electron chi connectivity index (χ1n) is 8.72. The molecule has 2 N–H and O–H groups in total. The first-order valence-corrected chi connectivity index (χ1v) is 11.0. The fourth-order valence-corrected chi connectivity index (χ4v) is 4.94. The van der Waals surface area contributed by atoms with Crippen LogP contribution in [0, 0.1) is 0 Å². The average Bonchev–Trinajstić information content (AvgIpc) is 3.11. The van der Waals surface area contributed by atoms with Gasteiger partial charge in [-0.1, -0.05) is 48.8 Å². The Balaban J connectivity index is 1.46. The van der Waals surface area contributed by atoms with Crippen molar-refractivity contribution in [1.29, 1.82) is 0 Å². The maximum Gasteiger partial charge on any atom is 0.240 e. The molecule has 1 aromatic heterocycles. The molecule has 3 rings (SSSR count). The molecular formula is C17H22N4O3S2. The molecule has 1 heterocycles. The molecule has 0 bridgehead atoms. The number of carbonyl (C=O) groups excluding carboxylic acids is 1. The third kappa shape index (κ3) is 5.09. The Hall–Kier alpha value is -1.84. The van der Waals surface area contributed by atoms with Crippen molar-refractivity contribution in [1.82, 2.24) is 14.9 Å². The fraction of sp³-hybridized carbons (Fsp3) is 0.471. The molecule has 1 aliphatic carbocycles. The molecule has 26 heavy (non-hydrogen) atoms. The molecule has 1 aliphatic rings. The van der Waals surface area contributed by atoms with Gasteiger partial charge in [0.15, 0.2) is 0 Å². The Kier molecular flexibility index (Phi) is 6.33. The maximum atomic E-state index is 12.1. The van der Waals surface area contributed by atoms with Gasteiger partial charge in [-0.2, -0.15) is 0 Å². The highest BCUT2D eigenvalue weighted by Crippen LogP contribution is 2.35. The molecule has 1 aromatic carbocycles. The normalized spacial score (nSPS) is 15.7. The summed E-state index contributed by atoms with van der Waals surface area (Å²) >= 11 is 1.41. The van der Waals surface area contributed by atoms with Crippen molar-refractivity contribution in [3.8, 4) is 0 Å². The van der Waals surface area contributed by atoms with E-state index in [0.29, 0.717) is 11.0 Å². The van der Waals surface area contributed by atoms with Gasteiger partial charge >= 0.3 is 0 Å². The lowest BCUT2D eigenvalue weighted by Gasteiger charge is -2.18.